The van der Waals surface area contributed by atoms with Crippen LogP contribution >= 0.6 is 0 Å². The molecule has 118 valence electrons. The van der Waals surface area contributed by atoms with E-state index >= 15 is 0 Å². The third-order valence-electron chi connectivity index (χ3n) is 8.03. The molecule has 0 radical (unpaired) electrons. The molecule has 2 nitrogen and oxygen atoms in total. The normalized spacial score (nSPS) is 56.2. The summed E-state index contributed by atoms with van der Waals surface area (Å²) in [6, 6.07) is 0. The van der Waals surface area contributed by atoms with Crippen molar-refractivity contribution >= 4 is 0 Å². The van der Waals surface area contributed by atoms with Gasteiger partial charge in [-0.2, -0.15) is 0 Å². The van der Waals surface area contributed by atoms with Crippen LogP contribution in [0.2, 0.25) is 0 Å². The Labute approximate surface area is 128 Å². The summed E-state index contributed by atoms with van der Waals surface area (Å²) >= 11 is 0. The molecule has 0 spiro atoms. The lowest BCUT2D eigenvalue weighted by atomic mass is 9.48. The molecule has 2 heteroatoms. The summed E-state index contributed by atoms with van der Waals surface area (Å²) in [6.45, 7) is 4.81. The van der Waals surface area contributed by atoms with E-state index in [0.29, 0.717) is 11.3 Å². The van der Waals surface area contributed by atoms with E-state index in [0.717, 1.165) is 37.5 Å². The molecule has 0 saturated heterocycles. The lowest BCUT2D eigenvalue weighted by molar-refractivity contribution is -0.0711. The van der Waals surface area contributed by atoms with Gasteiger partial charge in [-0.15, -0.1) is 0 Å². The Hall–Kier alpha value is -0.340. The van der Waals surface area contributed by atoms with Gasteiger partial charge in [-0.3, -0.25) is 0 Å². The minimum atomic E-state index is -0.108. The van der Waals surface area contributed by atoms with Gasteiger partial charge in [0.1, 0.15) is 0 Å². The minimum Gasteiger partial charge on any atom is -0.393 e. The molecule has 0 amide bonds. The van der Waals surface area contributed by atoms with Crippen LogP contribution in [0.4, 0.5) is 0 Å². The van der Waals surface area contributed by atoms with Crippen molar-refractivity contribution in [3.05, 3.63) is 11.6 Å². The first kappa shape index (κ1) is 14.3. The van der Waals surface area contributed by atoms with Gasteiger partial charge in [0.15, 0.2) is 0 Å². The monoisotopic (exact) mass is 290 g/mol. The molecule has 21 heavy (non-hydrogen) atoms. The van der Waals surface area contributed by atoms with Crippen molar-refractivity contribution in [3.8, 4) is 0 Å². The van der Waals surface area contributed by atoms with Gasteiger partial charge in [0.25, 0.3) is 0 Å². The van der Waals surface area contributed by atoms with Gasteiger partial charge in [0.05, 0.1) is 12.2 Å². The van der Waals surface area contributed by atoms with Crippen molar-refractivity contribution in [1.82, 2.24) is 0 Å². The van der Waals surface area contributed by atoms with Gasteiger partial charge >= 0.3 is 0 Å². The van der Waals surface area contributed by atoms with Crippen LogP contribution in [0.25, 0.3) is 0 Å². The van der Waals surface area contributed by atoms with E-state index in [-0.39, 0.29) is 17.6 Å². The third kappa shape index (κ3) is 1.84. The molecular weight excluding hydrogens is 260 g/mol. The number of fused-ring (bicyclic) bond motifs is 5. The molecule has 2 N–H and O–H groups in total. The maximum atomic E-state index is 10.5. The predicted molar refractivity (Wildman–Crippen MR) is 83.7 cm³/mol. The van der Waals surface area contributed by atoms with Crippen LogP contribution in [0.1, 0.15) is 65.2 Å². The van der Waals surface area contributed by atoms with Crippen LogP contribution in [0, 0.1) is 28.6 Å². The first-order chi connectivity index (χ1) is 9.95. The van der Waals surface area contributed by atoms with E-state index < -0.39 is 0 Å². The topological polar surface area (TPSA) is 40.5 Å². The first-order valence-corrected chi connectivity index (χ1v) is 9.01. The summed E-state index contributed by atoms with van der Waals surface area (Å²) in [5.74, 6) is 2.27. The van der Waals surface area contributed by atoms with Gasteiger partial charge in [-0.1, -0.05) is 25.5 Å². The first-order valence-electron chi connectivity index (χ1n) is 9.01. The highest BCUT2D eigenvalue weighted by atomic mass is 16.3. The van der Waals surface area contributed by atoms with Crippen molar-refractivity contribution in [2.45, 2.75) is 77.4 Å². The SMILES string of the molecule is C[C@]12CC[C@H](O)CC1=CCC1C2CC[C@@]2(C)C1CC[C@H]2O. The second-order valence-corrected chi connectivity index (χ2v) is 8.79. The molecule has 4 aliphatic carbocycles. The van der Waals surface area contributed by atoms with Crippen LogP contribution in [-0.2, 0) is 0 Å². The number of hydrogen-bond acceptors (Lipinski definition) is 2. The highest BCUT2D eigenvalue weighted by Gasteiger charge is 2.58. The average Bonchev–Trinajstić information content (AvgIpc) is 2.76. The lowest BCUT2D eigenvalue weighted by Gasteiger charge is -2.57. The molecule has 3 saturated carbocycles. The summed E-state index contributed by atoms with van der Waals surface area (Å²) < 4.78 is 0. The van der Waals surface area contributed by atoms with E-state index in [4.69, 9.17) is 0 Å². The van der Waals surface area contributed by atoms with Gasteiger partial charge < -0.3 is 10.2 Å². The van der Waals surface area contributed by atoms with Crippen LogP contribution in [-0.4, -0.2) is 22.4 Å². The summed E-state index contributed by atoms with van der Waals surface area (Å²) in [4.78, 5) is 0. The van der Waals surface area contributed by atoms with Crippen molar-refractivity contribution in [2.75, 3.05) is 0 Å². The van der Waals surface area contributed by atoms with Gasteiger partial charge in [0.2, 0.25) is 0 Å². The largest absolute Gasteiger partial charge is 0.393 e. The van der Waals surface area contributed by atoms with E-state index in [9.17, 15) is 10.2 Å². The molecule has 3 unspecified atom stereocenters. The molecule has 0 aromatic heterocycles. The van der Waals surface area contributed by atoms with Crippen LogP contribution < -0.4 is 0 Å². The zero-order chi connectivity index (χ0) is 14.8. The Morgan fingerprint density at radius 2 is 1.81 bits per heavy atom. The lowest BCUT2D eigenvalue weighted by Crippen LogP contribution is -2.51. The van der Waals surface area contributed by atoms with Gasteiger partial charge in [-0.05, 0) is 80.0 Å². The second-order valence-electron chi connectivity index (χ2n) is 8.79. The summed E-state index contributed by atoms with van der Waals surface area (Å²) in [5.41, 5.74) is 2.05. The second kappa shape index (κ2) is 4.58. The molecule has 0 aromatic carbocycles. The maximum absolute atomic E-state index is 10.5. The molecule has 0 aromatic rings. The zero-order valence-corrected chi connectivity index (χ0v) is 13.5. The Kier molecular flexibility index (Phi) is 3.11. The Balaban J connectivity index is 1.68. The molecule has 7 atom stereocenters. The van der Waals surface area contributed by atoms with Gasteiger partial charge in [0, 0.05) is 0 Å². The number of aliphatic hydroxyl groups is 2. The van der Waals surface area contributed by atoms with Crippen molar-refractivity contribution in [1.29, 1.82) is 0 Å². The number of hydrogen-bond donors (Lipinski definition) is 2. The van der Waals surface area contributed by atoms with Crippen LogP contribution in [0.5, 0.6) is 0 Å². The molecule has 0 bridgehead atoms. The Morgan fingerprint density at radius 1 is 1.00 bits per heavy atom. The summed E-state index contributed by atoms with van der Waals surface area (Å²) in [6.07, 6.45) is 11.2. The van der Waals surface area contributed by atoms with E-state index in [1.807, 2.05) is 0 Å². The molecule has 3 fully saturated rings. The van der Waals surface area contributed by atoms with E-state index in [1.165, 1.54) is 25.7 Å². The summed E-state index contributed by atoms with van der Waals surface area (Å²) in [5, 5.41) is 20.5. The predicted octanol–water partition coefficient (Wildman–Crippen LogP) is 3.67. The van der Waals surface area contributed by atoms with Gasteiger partial charge in [-0.25, -0.2) is 0 Å². The fraction of sp³-hybridized carbons (Fsp3) is 0.895. The number of rotatable bonds is 0. The molecule has 0 aliphatic heterocycles. The fourth-order valence-electron chi connectivity index (χ4n) is 6.61. The third-order valence-corrected chi connectivity index (χ3v) is 8.03. The number of aliphatic hydroxyl groups excluding tert-OH is 2. The average molecular weight is 290 g/mol. The van der Waals surface area contributed by atoms with Crippen LogP contribution in [0.3, 0.4) is 0 Å². The minimum absolute atomic E-state index is 0.0742. The van der Waals surface area contributed by atoms with Crippen molar-refractivity contribution in [3.63, 3.8) is 0 Å². The number of allylic oxidation sites excluding steroid dienone is 1. The molecular formula is C19H30O2. The maximum Gasteiger partial charge on any atom is 0.0596 e. The molecule has 4 rings (SSSR count). The molecule has 4 aliphatic rings. The van der Waals surface area contributed by atoms with Crippen molar-refractivity contribution < 1.29 is 10.2 Å². The standard InChI is InChI=1S/C19H30O2/c1-18-9-7-13(20)11-12(18)3-4-14-15-5-6-17(21)19(15,2)10-8-16(14)18/h3,13-17,20-21H,4-11H2,1-2H3/t13-,14?,15?,16?,17+,18-,19-/m0/s1. The highest BCUT2D eigenvalue weighted by molar-refractivity contribution is 5.25. The summed E-state index contributed by atoms with van der Waals surface area (Å²) in [7, 11) is 0. The Bertz CT molecular complexity index is 470. The van der Waals surface area contributed by atoms with E-state index in [1.54, 1.807) is 5.57 Å². The fourth-order valence-corrected chi connectivity index (χ4v) is 6.61. The van der Waals surface area contributed by atoms with Crippen LogP contribution in [0.15, 0.2) is 11.6 Å². The zero-order valence-electron chi connectivity index (χ0n) is 13.5. The highest BCUT2D eigenvalue weighted by Crippen LogP contribution is 2.64. The molecule has 0 heterocycles. The Morgan fingerprint density at radius 3 is 2.62 bits per heavy atom. The quantitative estimate of drug-likeness (QED) is 0.668. The van der Waals surface area contributed by atoms with E-state index in [2.05, 4.69) is 19.9 Å². The smallest absolute Gasteiger partial charge is 0.0596 e. The van der Waals surface area contributed by atoms with Crippen molar-refractivity contribution in [2.24, 2.45) is 28.6 Å².